The topological polar surface area (TPSA) is 82.0 Å². The van der Waals surface area contributed by atoms with Crippen molar-refractivity contribution in [1.29, 1.82) is 0 Å². The van der Waals surface area contributed by atoms with Gasteiger partial charge in [-0.2, -0.15) is 0 Å². The number of anilines is 1. The van der Waals surface area contributed by atoms with Crippen LogP contribution in [0.25, 0.3) is 0 Å². The highest BCUT2D eigenvalue weighted by Crippen LogP contribution is 2.08. The second kappa shape index (κ2) is 4.57. The van der Waals surface area contributed by atoms with Gasteiger partial charge in [-0.15, -0.1) is 0 Å². The second-order valence-corrected chi connectivity index (χ2v) is 2.80. The Morgan fingerprint density at radius 1 is 1.54 bits per heavy atom. The van der Waals surface area contributed by atoms with Crippen LogP contribution in [-0.4, -0.2) is 17.3 Å². The van der Waals surface area contributed by atoms with Crippen molar-refractivity contribution in [3.8, 4) is 0 Å². The number of hydrogen-bond acceptors (Lipinski definition) is 4. The van der Waals surface area contributed by atoms with Gasteiger partial charge in [0.25, 0.3) is 0 Å². The molecule has 0 amide bonds. The first-order valence-electron chi connectivity index (χ1n) is 4.15. The average molecular weight is 179 g/mol. The van der Waals surface area contributed by atoms with Gasteiger partial charge < -0.3 is 11.5 Å². The van der Waals surface area contributed by atoms with Crippen molar-refractivity contribution in [2.75, 3.05) is 12.3 Å². The lowest BCUT2D eigenvalue weighted by Crippen LogP contribution is -2.11. The van der Waals surface area contributed by atoms with Gasteiger partial charge in [0.2, 0.25) is 0 Å². The summed E-state index contributed by atoms with van der Waals surface area (Å²) in [6.07, 6.45) is 2.33. The van der Waals surface area contributed by atoms with Crippen LogP contribution < -0.4 is 11.5 Å². The van der Waals surface area contributed by atoms with Crippen LogP contribution in [-0.2, 0) is 11.2 Å². The van der Waals surface area contributed by atoms with E-state index < -0.39 is 0 Å². The predicted molar refractivity (Wildman–Crippen MR) is 51.0 cm³/mol. The van der Waals surface area contributed by atoms with Crippen LogP contribution >= 0.6 is 0 Å². The van der Waals surface area contributed by atoms with Crippen molar-refractivity contribution in [3.63, 3.8) is 0 Å². The lowest BCUT2D eigenvalue weighted by Gasteiger charge is -2.02. The molecule has 4 heteroatoms. The molecule has 0 aromatic carbocycles. The fourth-order valence-electron chi connectivity index (χ4n) is 1.06. The highest BCUT2D eigenvalue weighted by atomic mass is 16.1. The number of carbonyl (C=O) groups excluding carboxylic acids is 1. The molecule has 4 nitrogen and oxygen atoms in total. The fourth-order valence-corrected chi connectivity index (χ4v) is 1.06. The van der Waals surface area contributed by atoms with Crippen molar-refractivity contribution in [2.24, 2.45) is 5.73 Å². The molecule has 0 atom stereocenters. The molecule has 1 heterocycles. The Morgan fingerprint density at radius 3 is 2.92 bits per heavy atom. The van der Waals surface area contributed by atoms with E-state index in [1.165, 1.54) is 0 Å². The highest BCUT2D eigenvalue weighted by molar-refractivity contribution is 5.82. The number of Topliss-reactive ketones (excluding diaryl/α,β-unsaturated/α-hetero) is 1. The number of rotatable bonds is 4. The number of aromatic nitrogens is 1. The summed E-state index contributed by atoms with van der Waals surface area (Å²) in [7, 11) is 0. The molecule has 1 aromatic heterocycles. The predicted octanol–water partition coefficient (Wildman–Crippen LogP) is 0.124. The highest BCUT2D eigenvalue weighted by Gasteiger charge is 2.05. The van der Waals surface area contributed by atoms with E-state index in [9.17, 15) is 4.79 Å². The van der Waals surface area contributed by atoms with Gasteiger partial charge in [-0.1, -0.05) is 6.07 Å². The van der Waals surface area contributed by atoms with Gasteiger partial charge in [-0.25, -0.2) is 4.98 Å². The molecule has 0 aliphatic carbocycles. The molecule has 0 radical (unpaired) electrons. The van der Waals surface area contributed by atoms with Crippen LogP contribution in [0.5, 0.6) is 0 Å². The summed E-state index contributed by atoms with van der Waals surface area (Å²) in [5.74, 6) is 0.523. The quantitative estimate of drug-likeness (QED) is 0.688. The van der Waals surface area contributed by atoms with Gasteiger partial charge >= 0.3 is 0 Å². The van der Waals surface area contributed by atoms with E-state index in [1.54, 1.807) is 18.3 Å². The molecule has 0 aliphatic rings. The molecule has 0 bridgehead atoms. The molecule has 0 aliphatic heterocycles. The number of ketones is 1. The average Bonchev–Trinajstić information content (AvgIpc) is 2.09. The summed E-state index contributed by atoms with van der Waals surface area (Å²) in [6.45, 7) is 0.388. The smallest absolute Gasteiger partial charge is 0.138 e. The van der Waals surface area contributed by atoms with Crippen LogP contribution in [0.2, 0.25) is 0 Å². The third kappa shape index (κ3) is 2.83. The molecule has 70 valence electrons. The van der Waals surface area contributed by atoms with Crippen LogP contribution in [0.4, 0.5) is 5.82 Å². The fraction of sp³-hybridized carbons (Fsp3) is 0.333. The van der Waals surface area contributed by atoms with E-state index in [1.807, 2.05) is 0 Å². The molecule has 0 fully saturated rings. The minimum atomic E-state index is 0.0993. The maximum Gasteiger partial charge on any atom is 0.138 e. The van der Waals surface area contributed by atoms with Crippen molar-refractivity contribution < 1.29 is 4.79 Å². The Labute approximate surface area is 77.0 Å². The molecule has 1 rings (SSSR count). The molecule has 4 N–H and O–H groups in total. The summed E-state index contributed by atoms with van der Waals surface area (Å²) < 4.78 is 0. The Balaban J connectivity index is 2.63. The molecule has 0 unspecified atom stereocenters. The first-order valence-corrected chi connectivity index (χ1v) is 4.15. The largest absolute Gasteiger partial charge is 0.383 e. The summed E-state index contributed by atoms with van der Waals surface area (Å²) in [5.41, 5.74) is 11.6. The third-order valence-corrected chi connectivity index (χ3v) is 1.74. The zero-order chi connectivity index (χ0) is 9.68. The third-order valence-electron chi connectivity index (χ3n) is 1.74. The summed E-state index contributed by atoms with van der Waals surface area (Å²) in [6, 6.07) is 3.57. The first kappa shape index (κ1) is 9.67. The van der Waals surface area contributed by atoms with E-state index in [0.29, 0.717) is 25.2 Å². The van der Waals surface area contributed by atoms with Gasteiger partial charge in [0, 0.05) is 24.6 Å². The molecule has 0 spiro atoms. The minimum Gasteiger partial charge on any atom is -0.383 e. The number of carbonyl (C=O) groups is 1. The van der Waals surface area contributed by atoms with Crippen molar-refractivity contribution in [2.45, 2.75) is 12.8 Å². The summed E-state index contributed by atoms with van der Waals surface area (Å²) >= 11 is 0. The first-order chi connectivity index (χ1) is 6.24. The normalized spacial score (nSPS) is 9.92. The van der Waals surface area contributed by atoms with Crippen molar-refractivity contribution in [1.82, 2.24) is 4.98 Å². The number of pyridine rings is 1. The standard InChI is InChI=1S/C9H13N3O/c10-4-3-8(13)6-7-2-1-5-12-9(7)11/h1-2,5H,3-4,6,10H2,(H2,11,12). The van der Waals surface area contributed by atoms with E-state index in [2.05, 4.69) is 4.98 Å². The number of nitrogens with zero attached hydrogens (tertiary/aromatic N) is 1. The molecular weight excluding hydrogens is 166 g/mol. The lowest BCUT2D eigenvalue weighted by molar-refractivity contribution is -0.118. The number of hydrogen-bond donors (Lipinski definition) is 2. The monoisotopic (exact) mass is 179 g/mol. The zero-order valence-corrected chi connectivity index (χ0v) is 7.36. The van der Waals surface area contributed by atoms with Crippen molar-refractivity contribution >= 4 is 11.6 Å². The van der Waals surface area contributed by atoms with Crippen LogP contribution in [0.1, 0.15) is 12.0 Å². The lowest BCUT2D eigenvalue weighted by atomic mass is 10.1. The van der Waals surface area contributed by atoms with Gasteiger partial charge in [0.15, 0.2) is 0 Å². The van der Waals surface area contributed by atoms with Crippen LogP contribution in [0.3, 0.4) is 0 Å². The zero-order valence-electron chi connectivity index (χ0n) is 7.36. The summed E-state index contributed by atoms with van der Waals surface area (Å²) in [5, 5.41) is 0. The maximum absolute atomic E-state index is 11.2. The van der Waals surface area contributed by atoms with Gasteiger partial charge in [0.05, 0.1) is 0 Å². The van der Waals surface area contributed by atoms with E-state index >= 15 is 0 Å². The molecule has 13 heavy (non-hydrogen) atoms. The van der Waals surface area contributed by atoms with Crippen molar-refractivity contribution in [3.05, 3.63) is 23.9 Å². The summed E-state index contributed by atoms with van der Waals surface area (Å²) in [4.78, 5) is 15.1. The molecule has 0 saturated carbocycles. The SMILES string of the molecule is NCCC(=O)Cc1cccnc1N. The molecule has 1 aromatic rings. The van der Waals surface area contributed by atoms with Gasteiger partial charge in [0.1, 0.15) is 11.6 Å². The van der Waals surface area contributed by atoms with Crippen LogP contribution in [0.15, 0.2) is 18.3 Å². The Kier molecular flexibility index (Phi) is 3.40. The maximum atomic E-state index is 11.2. The van der Waals surface area contributed by atoms with Gasteiger partial charge in [-0.3, -0.25) is 4.79 Å². The Morgan fingerprint density at radius 2 is 2.31 bits per heavy atom. The van der Waals surface area contributed by atoms with Gasteiger partial charge in [-0.05, 0) is 12.6 Å². The number of nitrogen functional groups attached to an aromatic ring is 1. The molecular formula is C9H13N3O. The number of nitrogens with two attached hydrogens (primary N) is 2. The van der Waals surface area contributed by atoms with Crippen LogP contribution in [0, 0.1) is 0 Å². The molecule has 0 saturated heterocycles. The van der Waals surface area contributed by atoms with E-state index in [4.69, 9.17) is 11.5 Å². The van der Waals surface area contributed by atoms with E-state index in [-0.39, 0.29) is 5.78 Å². The second-order valence-electron chi connectivity index (χ2n) is 2.80. The Bertz CT molecular complexity index is 299. The van der Waals surface area contributed by atoms with E-state index in [0.717, 1.165) is 5.56 Å². The minimum absolute atomic E-state index is 0.0993. The Hall–Kier alpha value is -1.42.